The van der Waals surface area contributed by atoms with Crippen LogP contribution < -0.4 is 16.0 Å². The van der Waals surface area contributed by atoms with E-state index >= 15 is 0 Å². The molecule has 31 heavy (non-hydrogen) atoms. The highest BCUT2D eigenvalue weighted by molar-refractivity contribution is 7.92. The molecule has 2 aliphatic heterocycles. The summed E-state index contributed by atoms with van der Waals surface area (Å²) in [6.07, 6.45) is 5.05. The predicted molar refractivity (Wildman–Crippen MR) is 119 cm³/mol. The van der Waals surface area contributed by atoms with Crippen molar-refractivity contribution in [1.82, 2.24) is 16.0 Å². The van der Waals surface area contributed by atoms with E-state index in [0.29, 0.717) is 42.8 Å². The van der Waals surface area contributed by atoms with Gasteiger partial charge in [-0.1, -0.05) is 12.1 Å². The van der Waals surface area contributed by atoms with Gasteiger partial charge in [-0.15, -0.1) is 0 Å². The Morgan fingerprint density at radius 2 is 1.97 bits per heavy atom. The maximum absolute atomic E-state index is 13.1. The molecule has 0 aromatic heterocycles. The van der Waals surface area contributed by atoms with Crippen LogP contribution in [0, 0.1) is 5.92 Å². The summed E-state index contributed by atoms with van der Waals surface area (Å²) in [5.41, 5.74) is 0.903. The molecule has 172 valence electrons. The minimum Gasteiger partial charge on any atom is -0.378 e. The van der Waals surface area contributed by atoms with Crippen LogP contribution in [-0.4, -0.2) is 57.5 Å². The van der Waals surface area contributed by atoms with Crippen molar-refractivity contribution < 1.29 is 17.9 Å². The second-order valence-electron chi connectivity index (χ2n) is 9.09. The lowest BCUT2D eigenvalue weighted by Crippen LogP contribution is -2.45. The van der Waals surface area contributed by atoms with Crippen LogP contribution in [0.3, 0.4) is 0 Å². The van der Waals surface area contributed by atoms with Gasteiger partial charge in [-0.3, -0.25) is 4.79 Å². The lowest BCUT2D eigenvalue weighted by atomic mass is 9.94. The highest BCUT2D eigenvalue weighted by Gasteiger charge is 2.38. The van der Waals surface area contributed by atoms with Crippen LogP contribution in [0.4, 0.5) is 0 Å². The van der Waals surface area contributed by atoms with Gasteiger partial charge in [0.05, 0.1) is 22.3 Å². The Morgan fingerprint density at radius 3 is 2.71 bits per heavy atom. The maximum atomic E-state index is 13.1. The van der Waals surface area contributed by atoms with E-state index in [1.165, 1.54) is 0 Å². The van der Waals surface area contributed by atoms with Crippen LogP contribution in [0.1, 0.15) is 51.0 Å². The number of amides is 1. The summed E-state index contributed by atoms with van der Waals surface area (Å²) in [5.74, 6) is 0.548. The molecule has 3 N–H and O–H groups in total. The zero-order valence-electron chi connectivity index (χ0n) is 18.3. The minimum absolute atomic E-state index is 0.0234. The average molecular weight is 450 g/mol. The van der Waals surface area contributed by atoms with Crippen molar-refractivity contribution in [3.05, 3.63) is 29.8 Å². The standard InChI is InChI=1S/C23H35N3O4S/c1-2-30-18-4-3-5-20(13-18)31(28,29)19-8-6-16(7-9-19)14-25-23(27)22-12-17-15-24-11-10-21(17)26-22/h6-9,17-18,20-22,24,26H,2-5,10-15H2,1H3,(H,25,27). The van der Waals surface area contributed by atoms with Crippen LogP contribution >= 0.6 is 0 Å². The predicted octanol–water partition coefficient (Wildman–Crippen LogP) is 1.76. The van der Waals surface area contributed by atoms with Gasteiger partial charge in [-0.05, 0) is 82.2 Å². The van der Waals surface area contributed by atoms with E-state index in [0.717, 1.165) is 44.3 Å². The van der Waals surface area contributed by atoms with Gasteiger partial charge < -0.3 is 20.7 Å². The fourth-order valence-corrected chi connectivity index (χ4v) is 7.12. The van der Waals surface area contributed by atoms with Gasteiger partial charge in [0.1, 0.15) is 0 Å². The van der Waals surface area contributed by atoms with Gasteiger partial charge in [0, 0.05) is 19.2 Å². The van der Waals surface area contributed by atoms with Crippen LogP contribution in [0.15, 0.2) is 29.2 Å². The Bertz CT molecular complexity index is 842. The zero-order valence-corrected chi connectivity index (χ0v) is 19.1. The average Bonchev–Trinajstić information content (AvgIpc) is 3.23. The third-order valence-corrected chi connectivity index (χ3v) is 9.25. The molecule has 3 fully saturated rings. The van der Waals surface area contributed by atoms with Gasteiger partial charge >= 0.3 is 0 Å². The fourth-order valence-electron chi connectivity index (χ4n) is 5.27. The first kappa shape index (κ1) is 22.7. The van der Waals surface area contributed by atoms with Gasteiger partial charge in [0.25, 0.3) is 0 Å². The number of hydrogen-bond donors (Lipinski definition) is 3. The summed E-state index contributed by atoms with van der Waals surface area (Å²) >= 11 is 0. The van der Waals surface area contributed by atoms with Gasteiger partial charge in [0.15, 0.2) is 9.84 Å². The third-order valence-electron chi connectivity index (χ3n) is 7.02. The molecule has 0 radical (unpaired) electrons. The van der Waals surface area contributed by atoms with Crippen molar-refractivity contribution in [1.29, 1.82) is 0 Å². The number of ether oxygens (including phenoxy) is 1. The molecule has 4 rings (SSSR count). The number of fused-ring (bicyclic) bond motifs is 1. The normalized spacial score (nSPS) is 31.2. The first-order chi connectivity index (χ1) is 15.0. The molecule has 0 spiro atoms. The number of nitrogens with one attached hydrogen (secondary N) is 3. The molecule has 1 saturated carbocycles. The van der Waals surface area contributed by atoms with Crippen molar-refractivity contribution in [2.24, 2.45) is 5.92 Å². The Labute approximate surface area is 185 Å². The third kappa shape index (κ3) is 5.30. The smallest absolute Gasteiger partial charge is 0.237 e. The van der Waals surface area contributed by atoms with Crippen molar-refractivity contribution in [2.45, 2.75) is 80.3 Å². The molecule has 1 aliphatic carbocycles. The molecular formula is C23H35N3O4S. The van der Waals surface area contributed by atoms with E-state index in [-0.39, 0.29) is 23.3 Å². The molecule has 2 saturated heterocycles. The minimum atomic E-state index is -3.37. The largest absolute Gasteiger partial charge is 0.378 e. The molecule has 2 heterocycles. The molecule has 1 amide bonds. The molecule has 3 aliphatic rings. The topological polar surface area (TPSA) is 96.5 Å². The number of piperidine rings is 1. The van der Waals surface area contributed by atoms with Gasteiger partial charge in [-0.25, -0.2) is 8.42 Å². The summed E-state index contributed by atoms with van der Waals surface area (Å²) in [5, 5.41) is 9.48. The van der Waals surface area contributed by atoms with E-state index < -0.39 is 9.84 Å². The fraction of sp³-hybridized carbons (Fsp3) is 0.696. The number of carbonyl (C=O) groups is 1. The van der Waals surface area contributed by atoms with Crippen molar-refractivity contribution in [3.63, 3.8) is 0 Å². The molecule has 1 aromatic carbocycles. The summed E-state index contributed by atoms with van der Waals surface area (Å²) in [6, 6.07) is 7.26. The maximum Gasteiger partial charge on any atom is 0.237 e. The molecule has 5 unspecified atom stereocenters. The lowest BCUT2D eigenvalue weighted by molar-refractivity contribution is -0.123. The summed E-state index contributed by atoms with van der Waals surface area (Å²) in [4.78, 5) is 12.9. The number of sulfone groups is 1. The number of rotatable bonds is 7. The van der Waals surface area contributed by atoms with Crippen LogP contribution in [0.5, 0.6) is 0 Å². The summed E-state index contributed by atoms with van der Waals surface area (Å²) in [6.45, 7) is 4.95. The van der Waals surface area contributed by atoms with E-state index in [1.54, 1.807) is 12.1 Å². The van der Waals surface area contributed by atoms with Crippen LogP contribution in [0.2, 0.25) is 0 Å². The van der Waals surface area contributed by atoms with Crippen molar-refractivity contribution in [2.75, 3.05) is 19.7 Å². The Balaban J connectivity index is 1.31. The molecule has 8 heteroatoms. The molecule has 7 nitrogen and oxygen atoms in total. The van der Waals surface area contributed by atoms with E-state index in [9.17, 15) is 13.2 Å². The number of benzene rings is 1. The Morgan fingerprint density at radius 1 is 1.16 bits per heavy atom. The van der Waals surface area contributed by atoms with Crippen molar-refractivity contribution in [3.8, 4) is 0 Å². The lowest BCUT2D eigenvalue weighted by Gasteiger charge is -2.28. The highest BCUT2D eigenvalue weighted by Crippen LogP contribution is 2.30. The highest BCUT2D eigenvalue weighted by atomic mass is 32.2. The molecular weight excluding hydrogens is 414 g/mol. The van der Waals surface area contributed by atoms with E-state index in [2.05, 4.69) is 16.0 Å². The van der Waals surface area contributed by atoms with E-state index in [4.69, 9.17) is 4.74 Å². The SMILES string of the molecule is CCOC1CCCC(S(=O)(=O)c2ccc(CNC(=O)C3CC4CNCCC4N3)cc2)C1. The zero-order chi connectivity index (χ0) is 21.8. The monoisotopic (exact) mass is 449 g/mol. The first-order valence-corrected chi connectivity index (χ1v) is 13.2. The van der Waals surface area contributed by atoms with Crippen LogP contribution in [0.25, 0.3) is 0 Å². The van der Waals surface area contributed by atoms with Crippen LogP contribution in [-0.2, 0) is 25.9 Å². The Kier molecular flexibility index (Phi) is 7.31. The van der Waals surface area contributed by atoms with Crippen molar-refractivity contribution >= 4 is 15.7 Å². The second kappa shape index (κ2) is 9.98. The second-order valence-corrected chi connectivity index (χ2v) is 11.3. The number of hydrogen-bond acceptors (Lipinski definition) is 6. The summed E-state index contributed by atoms with van der Waals surface area (Å²) < 4.78 is 31.8. The van der Waals surface area contributed by atoms with E-state index in [1.807, 2.05) is 19.1 Å². The quantitative estimate of drug-likeness (QED) is 0.587. The summed E-state index contributed by atoms with van der Waals surface area (Å²) in [7, 11) is -3.37. The van der Waals surface area contributed by atoms with Gasteiger partial charge in [-0.2, -0.15) is 0 Å². The molecule has 1 aromatic rings. The molecule has 5 atom stereocenters. The van der Waals surface area contributed by atoms with Gasteiger partial charge in [0.2, 0.25) is 5.91 Å². The molecule has 0 bridgehead atoms. The Hall–Kier alpha value is -1.48. The number of carbonyl (C=O) groups excluding carboxylic acids is 1. The first-order valence-electron chi connectivity index (χ1n) is 11.7.